The second-order valence-electron chi connectivity index (χ2n) is 7.77. The number of fused-ring (bicyclic) bond motifs is 1. The summed E-state index contributed by atoms with van der Waals surface area (Å²) < 4.78 is 5.93. The van der Waals surface area contributed by atoms with Gasteiger partial charge in [0.25, 0.3) is 0 Å². The van der Waals surface area contributed by atoms with E-state index < -0.39 is 11.4 Å². The van der Waals surface area contributed by atoms with Crippen molar-refractivity contribution in [3.63, 3.8) is 0 Å². The second kappa shape index (κ2) is 12.7. The van der Waals surface area contributed by atoms with E-state index in [0.29, 0.717) is 26.1 Å². The van der Waals surface area contributed by atoms with E-state index in [0.717, 1.165) is 30.6 Å². The van der Waals surface area contributed by atoms with Crippen molar-refractivity contribution in [1.82, 2.24) is 21.3 Å². The fourth-order valence-corrected chi connectivity index (χ4v) is 3.27. The normalized spacial score (nSPS) is 22.6. The summed E-state index contributed by atoms with van der Waals surface area (Å²) in [5.41, 5.74) is 0.0794. The Balaban J connectivity index is 2.13. The van der Waals surface area contributed by atoms with Gasteiger partial charge < -0.3 is 26.0 Å². The standard InChI is InChI=1S/C23H34N4O4/c1-3-4-7-12-23(2)22(30)26-17-21(29)25-16-20(28)24-13-8-10-18-9-5-6-11-19(18)31-15-14-27-23/h5-6,8-11,27H,3-4,7,12-17H2,1-2H3,(H,24,28)(H,25,29)(H,26,30)/b10-8+. The van der Waals surface area contributed by atoms with Crippen molar-refractivity contribution in [1.29, 1.82) is 0 Å². The van der Waals surface area contributed by atoms with Crippen molar-refractivity contribution in [3.05, 3.63) is 35.9 Å². The van der Waals surface area contributed by atoms with E-state index in [9.17, 15) is 14.4 Å². The van der Waals surface area contributed by atoms with Gasteiger partial charge in [0.1, 0.15) is 12.4 Å². The lowest BCUT2D eigenvalue weighted by Crippen LogP contribution is -2.57. The number of carbonyl (C=O) groups is 3. The Hall–Kier alpha value is -2.87. The van der Waals surface area contributed by atoms with Crippen LogP contribution in [-0.4, -0.2) is 56.0 Å². The average Bonchev–Trinajstić information content (AvgIpc) is 2.77. The maximum Gasteiger partial charge on any atom is 0.240 e. The van der Waals surface area contributed by atoms with Crippen LogP contribution in [-0.2, 0) is 14.4 Å². The van der Waals surface area contributed by atoms with E-state index in [1.165, 1.54) is 0 Å². The van der Waals surface area contributed by atoms with Crippen LogP contribution in [0.15, 0.2) is 30.3 Å². The van der Waals surface area contributed by atoms with Gasteiger partial charge in [0.05, 0.1) is 18.6 Å². The molecule has 1 aromatic rings. The largest absolute Gasteiger partial charge is 0.492 e. The molecule has 0 aliphatic carbocycles. The number of unbranched alkanes of at least 4 members (excludes halogenated alkanes) is 2. The van der Waals surface area contributed by atoms with Crippen molar-refractivity contribution in [3.8, 4) is 5.75 Å². The number of ether oxygens (including phenoxy) is 1. The summed E-state index contributed by atoms with van der Waals surface area (Å²) in [7, 11) is 0. The van der Waals surface area contributed by atoms with Gasteiger partial charge in [0.2, 0.25) is 17.7 Å². The van der Waals surface area contributed by atoms with E-state index in [1.807, 2.05) is 43.3 Å². The van der Waals surface area contributed by atoms with Crippen molar-refractivity contribution in [2.75, 3.05) is 32.8 Å². The first-order valence-corrected chi connectivity index (χ1v) is 10.9. The number of hydrogen-bond donors (Lipinski definition) is 4. The van der Waals surface area contributed by atoms with Gasteiger partial charge in [0.15, 0.2) is 0 Å². The van der Waals surface area contributed by atoms with Crippen molar-refractivity contribution < 1.29 is 19.1 Å². The zero-order chi connectivity index (χ0) is 22.5. The molecule has 0 saturated carbocycles. The monoisotopic (exact) mass is 430 g/mol. The van der Waals surface area contributed by atoms with Gasteiger partial charge in [-0.3, -0.25) is 14.4 Å². The van der Waals surface area contributed by atoms with Gasteiger partial charge >= 0.3 is 0 Å². The minimum absolute atomic E-state index is 0.145. The molecule has 4 N–H and O–H groups in total. The molecule has 3 amide bonds. The maximum atomic E-state index is 12.8. The highest BCUT2D eigenvalue weighted by molar-refractivity contribution is 5.91. The molecule has 1 heterocycles. The topological polar surface area (TPSA) is 109 Å². The number of hydrogen-bond acceptors (Lipinski definition) is 5. The lowest BCUT2D eigenvalue weighted by molar-refractivity contribution is -0.130. The van der Waals surface area contributed by atoms with Gasteiger partial charge in [0, 0.05) is 18.7 Å². The third kappa shape index (κ3) is 8.41. The highest BCUT2D eigenvalue weighted by Gasteiger charge is 2.32. The number of carbonyl (C=O) groups excluding carboxylic acids is 3. The molecular weight excluding hydrogens is 396 g/mol. The molecule has 2 rings (SSSR count). The molecule has 0 spiro atoms. The molecule has 0 bridgehead atoms. The first-order chi connectivity index (χ1) is 14.9. The summed E-state index contributed by atoms with van der Waals surface area (Å²) in [6, 6.07) is 7.64. The van der Waals surface area contributed by atoms with Crippen LogP contribution in [0.2, 0.25) is 0 Å². The van der Waals surface area contributed by atoms with Gasteiger partial charge in [-0.25, -0.2) is 0 Å². The zero-order valence-corrected chi connectivity index (χ0v) is 18.5. The summed E-state index contributed by atoms with van der Waals surface area (Å²) in [4.78, 5) is 36.8. The van der Waals surface area contributed by atoms with Gasteiger partial charge in [-0.15, -0.1) is 0 Å². The SMILES string of the molecule is CCCCCC1(C)NCCOc2ccccc2/C=C/CNC(=O)CNC(=O)CNC1=O. The maximum absolute atomic E-state index is 12.8. The van der Waals surface area contributed by atoms with Crippen molar-refractivity contribution in [2.45, 2.75) is 45.1 Å². The van der Waals surface area contributed by atoms with Crippen LogP contribution in [0.4, 0.5) is 0 Å². The van der Waals surface area contributed by atoms with Crippen LogP contribution < -0.4 is 26.0 Å². The van der Waals surface area contributed by atoms with E-state index in [4.69, 9.17) is 4.74 Å². The molecule has 1 unspecified atom stereocenters. The summed E-state index contributed by atoms with van der Waals surface area (Å²) in [5.74, 6) is -0.223. The number of rotatable bonds is 4. The molecule has 8 heteroatoms. The van der Waals surface area contributed by atoms with Crippen LogP contribution in [0.5, 0.6) is 5.75 Å². The second-order valence-corrected chi connectivity index (χ2v) is 7.77. The Morgan fingerprint density at radius 1 is 1.00 bits per heavy atom. The van der Waals surface area contributed by atoms with Gasteiger partial charge in [-0.2, -0.15) is 0 Å². The van der Waals surface area contributed by atoms with Gasteiger partial charge in [-0.1, -0.05) is 56.5 Å². The van der Waals surface area contributed by atoms with E-state index in [-0.39, 0.29) is 24.9 Å². The molecule has 1 atom stereocenters. The van der Waals surface area contributed by atoms with E-state index in [1.54, 1.807) is 0 Å². The zero-order valence-electron chi connectivity index (χ0n) is 18.5. The Bertz CT molecular complexity index is 781. The molecule has 31 heavy (non-hydrogen) atoms. The summed E-state index contributed by atoms with van der Waals surface area (Å²) in [6.45, 7) is 4.83. The Kier molecular flexibility index (Phi) is 10.0. The summed E-state index contributed by atoms with van der Waals surface area (Å²) >= 11 is 0. The molecule has 0 fully saturated rings. The number of benzene rings is 1. The molecule has 0 saturated heterocycles. The molecule has 0 radical (unpaired) electrons. The number of amides is 3. The predicted molar refractivity (Wildman–Crippen MR) is 121 cm³/mol. The Morgan fingerprint density at radius 2 is 1.74 bits per heavy atom. The first kappa shape index (κ1) is 24.4. The summed E-state index contributed by atoms with van der Waals surface area (Å²) in [6.07, 6.45) is 7.33. The van der Waals surface area contributed by atoms with Gasteiger partial charge in [-0.05, 0) is 19.4 Å². The molecular formula is C23H34N4O4. The highest BCUT2D eigenvalue weighted by atomic mass is 16.5. The van der Waals surface area contributed by atoms with Crippen LogP contribution >= 0.6 is 0 Å². The molecule has 1 aliphatic heterocycles. The smallest absolute Gasteiger partial charge is 0.240 e. The lowest BCUT2D eigenvalue weighted by Gasteiger charge is -2.30. The average molecular weight is 431 g/mol. The van der Waals surface area contributed by atoms with Crippen LogP contribution in [0.3, 0.4) is 0 Å². The van der Waals surface area contributed by atoms with Crippen LogP contribution in [0.25, 0.3) is 6.08 Å². The number of nitrogens with one attached hydrogen (secondary N) is 4. The molecule has 1 aliphatic rings. The third-order valence-electron chi connectivity index (χ3n) is 5.15. The van der Waals surface area contributed by atoms with Crippen LogP contribution in [0.1, 0.15) is 45.1 Å². The predicted octanol–water partition coefficient (Wildman–Crippen LogP) is 1.37. The van der Waals surface area contributed by atoms with E-state index >= 15 is 0 Å². The lowest BCUT2D eigenvalue weighted by atomic mass is 9.93. The molecule has 1 aromatic carbocycles. The Morgan fingerprint density at radius 3 is 2.55 bits per heavy atom. The molecule has 0 aromatic heterocycles. The molecule has 170 valence electrons. The van der Waals surface area contributed by atoms with Crippen LogP contribution in [0, 0.1) is 0 Å². The van der Waals surface area contributed by atoms with E-state index in [2.05, 4.69) is 28.2 Å². The highest BCUT2D eigenvalue weighted by Crippen LogP contribution is 2.20. The van der Waals surface area contributed by atoms with Crippen molar-refractivity contribution in [2.24, 2.45) is 0 Å². The first-order valence-electron chi connectivity index (χ1n) is 10.9. The fourth-order valence-electron chi connectivity index (χ4n) is 3.27. The van der Waals surface area contributed by atoms with Crippen molar-refractivity contribution >= 4 is 23.8 Å². The minimum Gasteiger partial charge on any atom is -0.492 e. The Labute approximate surface area is 184 Å². The number of para-hydroxylation sites is 1. The fraction of sp³-hybridized carbons (Fsp3) is 0.522. The third-order valence-corrected chi connectivity index (χ3v) is 5.15. The summed E-state index contributed by atoms with van der Waals surface area (Å²) in [5, 5.41) is 11.2. The minimum atomic E-state index is -0.818. The quantitative estimate of drug-likeness (QED) is 0.540. The molecule has 8 nitrogen and oxygen atoms in total.